The summed E-state index contributed by atoms with van der Waals surface area (Å²) >= 11 is 6.47. The molecule has 0 saturated carbocycles. The second-order valence-corrected chi connectivity index (χ2v) is 10.9. The first-order valence-electron chi connectivity index (χ1n) is 13.6. The van der Waals surface area contributed by atoms with E-state index in [1.165, 1.54) is 4.90 Å². The molecule has 3 aromatic rings. The number of aliphatic hydroxyl groups excluding tert-OH is 1. The molecule has 0 aliphatic carbocycles. The number of hydrogen-bond donors (Lipinski definition) is 3. The summed E-state index contributed by atoms with van der Waals surface area (Å²) < 4.78 is 5.42. The van der Waals surface area contributed by atoms with Gasteiger partial charge >= 0.3 is 0 Å². The van der Waals surface area contributed by atoms with Crippen molar-refractivity contribution in [3.63, 3.8) is 0 Å². The van der Waals surface area contributed by atoms with Gasteiger partial charge in [-0.1, -0.05) is 29.8 Å². The normalized spacial score (nSPS) is 16.7. The Labute approximate surface area is 243 Å². The molecule has 12 heteroatoms. The van der Waals surface area contributed by atoms with Crippen LogP contribution in [0.4, 0.5) is 11.8 Å². The lowest BCUT2D eigenvalue weighted by molar-refractivity contribution is -0.126. The third kappa shape index (κ3) is 6.27. The minimum absolute atomic E-state index is 0.221. The maximum Gasteiger partial charge on any atom is 0.255 e. The summed E-state index contributed by atoms with van der Waals surface area (Å²) in [4.78, 5) is 43.5. The van der Waals surface area contributed by atoms with E-state index < -0.39 is 12.1 Å². The number of nitrogens with zero attached hydrogens (tertiary/aromatic N) is 5. The van der Waals surface area contributed by atoms with E-state index in [4.69, 9.17) is 16.3 Å². The molecule has 2 aliphatic rings. The molecular formula is C29H34ClN7O4. The van der Waals surface area contributed by atoms with Gasteiger partial charge in [-0.3, -0.25) is 9.59 Å². The molecular weight excluding hydrogens is 546 g/mol. The molecule has 0 radical (unpaired) electrons. The van der Waals surface area contributed by atoms with E-state index in [1.807, 2.05) is 43.3 Å². The van der Waals surface area contributed by atoms with Crippen molar-refractivity contribution in [3.8, 4) is 11.3 Å². The van der Waals surface area contributed by atoms with Gasteiger partial charge in [0, 0.05) is 51.0 Å². The number of rotatable bonds is 9. The Morgan fingerprint density at radius 3 is 2.73 bits per heavy atom. The monoisotopic (exact) mass is 579 g/mol. The van der Waals surface area contributed by atoms with Gasteiger partial charge in [0.1, 0.15) is 11.9 Å². The van der Waals surface area contributed by atoms with E-state index in [2.05, 4.69) is 25.6 Å². The summed E-state index contributed by atoms with van der Waals surface area (Å²) in [6, 6.07) is 9.66. The van der Waals surface area contributed by atoms with Gasteiger partial charge < -0.3 is 30.3 Å². The number of aromatic nitrogens is 3. The van der Waals surface area contributed by atoms with Crippen LogP contribution in [-0.4, -0.2) is 82.8 Å². The largest absolute Gasteiger partial charge is 0.394 e. The number of carbonyl (C=O) groups excluding carboxylic acids is 2. The second-order valence-electron chi connectivity index (χ2n) is 10.5. The Balaban J connectivity index is 1.30. The molecule has 0 unspecified atom stereocenters. The summed E-state index contributed by atoms with van der Waals surface area (Å²) in [5.74, 6) is 0.535. The van der Waals surface area contributed by atoms with Crippen LogP contribution in [-0.2, 0) is 16.1 Å². The highest BCUT2D eigenvalue weighted by Gasteiger charge is 2.35. The van der Waals surface area contributed by atoms with E-state index in [0.717, 1.165) is 18.4 Å². The number of halogens is 1. The smallest absolute Gasteiger partial charge is 0.255 e. The summed E-state index contributed by atoms with van der Waals surface area (Å²) in [7, 11) is 3.73. The number of benzene rings is 1. The maximum absolute atomic E-state index is 13.5. The number of pyridine rings is 1. The quantitative estimate of drug-likeness (QED) is 0.350. The predicted octanol–water partition coefficient (Wildman–Crippen LogP) is 3.04. The van der Waals surface area contributed by atoms with Crippen molar-refractivity contribution in [1.29, 1.82) is 0 Å². The summed E-state index contributed by atoms with van der Waals surface area (Å²) in [5, 5.41) is 16.6. The van der Waals surface area contributed by atoms with E-state index in [1.54, 1.807) is 25.3 Å². The number of amides is 2. The molecule has 1 aromatic carbocycles. The van der Waals surface area contributed by atoms with Crippen LogP contribution in [0.3, 0.4) is 0 Å². The molecule has 0 spiro atoms. The molecule has 2 amide bonds. The standard InChI is InChI=1S/C29H34ClN7O4/c1-17(27(39)34-24(16-38)23-5-4-6-25(33-23)36(2)3)37-15-19-8-7-18(13-21(19)28(37)40)26-22(30)14-31-29(35-26)32-20-9-11-41-12-10-20/h4-8,13-14,17,20,24,38H,9-12,15-16H2,1-3H3,(H,34,39)(H,31,32,35)/t17-,24-/m1/s1. The van der Waals surface area contributed by atoms with Crippen molar-refractivity contribution in [2.24, 2.45) is 0 Å². The topological polar surface area (TPSA) is 133 Å². The fraction of sp³-hybridized carbons (Fsp3) is 0.414. The van der Waals surface area contributed by atoms with Gasteiger partial charge in [0.05, 0.1) is 35.3 Å². The summed E-state index contributed by atoms with van der Waals surface area (Å²) in [6.45, 7) is 3.02. The van der Waals surface area contributed by atoms with Crippen molar-refractivity contribution < 1.29 is 19.4 Å². The summed E-state index contributed by atoms with van der Waals surface area (Å²) in [6.07, 6.45) is 3.29. The van der Waals surface area contributed by atoms with Crippen molar-refractivity contribution in [2.75, 3.05) is 44.1 Å². The van der Waals surface area contributed by atoms with Crippen LogP contribution < -0.4 is 15.5 Å². The molecule has 11 nitrogen and oxygen atoms in total. The average Bonchev–Trinajstić information content (AvgIpc) is 3.32. The molecule has 1 fully saturated rings. The first kappa shape index (κ1) is 28.7. The van der Waals surface area contributed by atoms with Gasteiger partial charge in [-0.15, -0.1) is 0 Å². The van der Waals surface area contributed by atoms with Gasteiger partial charge in [0.25, 0.3) is 5.91 Å². The molecule has 1 saturated heterocycles. The van der Waals surface area contributed by atoms with Crippen LogP contribution in [0, 0.1) is 0 Å². The number of aliphatic hydroxyl groups is 1. The van der Waals surface area contributed by atoms with Crippen molar-refractivity contribution in [2.45, 2.75) is 44.4 Å². The van der Waals surface area contributed by atoms with Crippen LogP contribution in [0.2, 0.25) is 5.02 Å². The van der Waals surface area contributed by atoms with Gasteiger partial charge in [0.15, 0.2) is 0 Å². The number of ether oxygens (including phenoxy) is 1. The molecule has 0 bridgehead atoms. The molecule has 2 atom stereocenters. The number of carbonyl (C=O) groups is 2. The first-order valence-corrected chi connectivity index (χ1v) is 14.0. The van der Waals surface area contributed by atoms with Crippen LogP contribution in [0.25, 0.3) is 11.3 Å². The van der Waals surface area contributed by atoms with Gasteiger partial charge in [-0.2, -0.15) is 0 Å². The van der Waals surface area contributed by atoms with Crippen LogP contribution >= 0.6 is 11.6 Å². The highest BCUT2D eigenvalue weighted by atomic mass is 35.5. The molecule has 4 heterocycles. The second kappa shape index (κ2) is 12.4. The predicted molar refractivity (Wildman–Crippen MR) is 156 cm³/mol. The third-order valence-electron chi connectivity index (χ3n) is 7.43. The number of nitrogens with one attached hydrogen (secondary N) is 2. The zero-order valence-corrected chi connectivity index (χ0v) is 24.1. The van der Waals surface area contributed by atoms with E-state index >= 15 is 0 Å². The minimum Gasteiger partial charge on any atom is -0.394 e. The Morgan fingerprint density at radius 1 is 1.22 bits per heavy atom. The average molecular weight is 580 g/mol. The lowest BCUT2D eigenvalue weighted by Crippen LogP contribution is -2.47. The maximum atomic E-state index is 13.5. The molecule has 2 aliphatic heterocycles. The van der Waals surface area contributed by atoms with Crippen molar-refractivity contribution >= 4 is 35.2 Å². The van der Waals surface area contributed by atoms with Gasteiger partial charge in [-0.05, 0) is 43.5 Å². The summed E-state index contributed by atoms with van der Waals surface area (Å²) in [5.41, 5.74) is 3.05. The highest BCUT2D eigenvalue weighted by molar-refractivity contribution is 6.33. The van der Waals surface area contributed by atoms with E-state index in [9.17, 15) is 14.7 Å². The zero-order valence-electron chi connectivity index (χ0n) is 23.3. The highest BCUT2D eigenvalue weighted by Crippen LogP contribution is 2.32. The van der Waals surface area contributed by atoms with Crippen molar-refractivity contribution in [3.05, 3.63) is 64.4 Å². The van der Waals surface area contributed by atoms with Crippen LogP contribution in [0.5, 0.6) is 0 Å². The fourth-order valence-corrected chi connectivity index (χ4v) is 5.18. The van der Waals surface area contributed by atoms with E-state index in [-0.39, 0.29) is 31.0 Å². The Morgan fingerprint density at radius 2 is 2.00 bits per heavy atom. The Kier molecular flexibility index (Phi) is 8.67. The molecule has 5 rings (SSSR count). The van der Waals surface area contributed by atoms with Gasteiger partial charge in [0.2, 0.25) is 11.9 Å². The number of fused-ring (bicyclic) bond motifs is 1. The molecule has 2 aromatic heterocycles. The minimum atomic E-state index is -0.776. The zero-order chi connectivity index (χ0) is 29.1. The number of hydrogen-bond acceptors (Lipinski definition) is 9. The van der Waals surface area contributed by atoms with Crippen molar-refractivity contribution in [1.82, 2.24) is 25.2 Å². The number of anilines is 2. The SMILES string of the molecule is C[C@H](C(=O)N[C@H](CO)c1cccc(N(C)C)n1)N1Cc2ccc(-c3nc(NC4CCOCC4)ncc3Cl)cc2C1=O. The molecule has 41 heavy (non-hydrogen) atoms. The molecule has 216 valence electrons. The van der Waals surface area contributed by atoms with Gasteiger partial charge in [-0.25, -0.2) is 15.0 Å². The lowest BCUT2D eigenvalue weighted by atomic mass is 10.0. The lowest BCUT2D eigenvalue weighted by Gasteiger charge is -2.26. The van der Waals surface area contributed by atoms with Crippen LogP contribution in [0.1, 0.15) is 47.4 Å². The van der Waals surface area contributed by atoms with E-state index in [0.29, 0.717) is 52.5 Å². The Hall–Kier alpha value is -3.80. The Bertz CT molecular complexity index is 1430. The third-order valence-corrected chi connectivity index (χ3v) is 7.71. The van der Waals surface area contributed by atoms with Crippen LogP contribution in [0.15, 0.2) is 42.6 Å². The first-order chi connectivity index (χ1) is 19.7. The molecule has 3 N–H and O–H groups in total. The fourth-order valence-electron chi connectivity index (χ4n) is 4.98.